The second kappa shape index (κ2) is 7.72. The van der Waals surface area contributed by atoms with Crippen LogP contribution in [0.15, 0.2) is 42.7 Å². The van der Waals surface area contributed by atoms with Crippen molar-refractivity contribution in [3.05, 3.63) is 53.9 Å². The fourth-order valence-corrected chi connectivity index (χ4v) is 4.19. The van der Waals surface area contributed by atoms with Gasteiger partial charge in [0.15, 0.2) is 0 Å². The van der Waals surface area contributed by atoms with Crippen molar-refractivity contribution >= 4 is 6.03 Å². The van der Waals surface area contributed by atoms with Crippen LogP contribution in [0.4, 0.5) is 4.79 Å². The van der Waals surface area contributed by atoms with Crippen LogP contribution in [-0.2, 0) is 13.1 Å². The van der Waals surface area contributed by atoms with E-state index in [4.69, 9.17) is 0 Å². The molecule has 27 heavy (non-hydrogen) atoms. The monoisotopic (exact) mass is 369 g/mol. The maximum Gasteiger partial charge on any atom is 0.315 e. The fraction of sp³-hybridized carbons (Fsp3) is 0.524. The van der Waals surface area contributed by atoms with Gasteiger partial charge in [-0.05, 0) is 57.7 Å². The molecule has 1 aromatic carbocycles. The highest BCUT2D eigenvalue weighted by Crippen LogP contribution is 2.28. The quantitative estimate of drug-likeness (QED) is 0.759. The van der Waals surface area contributed by atoms with Gasteiger partial charge in [-0.1, -0.05) is 24.3 Å². The molecule has 0 radical (unpaired) electrons. The van der Waals surface area contributed by atoms with Crippen LogP contribution < -0.4 is 16.0 Å². The van der Waals surface area contributed by atoms with Crippen LogP contribution in [0, 0.1) is 0 Å². The van der Waals surface area contributed by atoms with Crippen LogP contribution in [0.3, 0.4) is 0 Å². The van der Waals surface area contributed by atoms with Gasteiger partial charge in [0.2, 0.25) is 0 Å². The molecule has 1 saturated heterocycles. The lowest BCUT2D eigenvalue weighted by Gasteiger charge is -2.46. The Morgan fingerprint density at radius 2 is 1.78 bits per heavy atom. The van der Waals surface area contributed by atoms with Crippen LogP contribution in [-0.4, -0.2) is 32.9 Å². The van der Waals surface area contributed by atoms with Crippen molar-refractivity contribution in [2.45, 2.75) is 70.7 Å². The van der Waals surface area contributed by atoms with Gasteiger partial charge < -0.3 is 16.0 Å². The van der Waals surface area contributed by atoms with Gasteiger partial charge in [-0.2, -0.15) is 5.10 Å². The van der Waals surface area contributed by atoms with E-state index in [1.54, 1.807) is 6.20 Å². The maximum absolute atomic E-state index is 12.3. The molecule has 1 aliphatic rings. The van der Waals surface area contributed by atoms with Crippen molar-refractivity contribution in [2.24, 2.45) is 0 Å². The number of carbonyl (C=O) groups excluding carboxylic acids is 1. The molecule has 6 heteroatoms. The zero-order chi connectivity index (χ0) is 19.5. The first kappa shape index (κ1) is 19.4. The largest absolute Gasteiger partial charge is 0.335 e. The van der Waals surface area contributed by atoms with Gasteiger partial charge in [-0.3, -0.25) is 4.68 Å². The normalized spacial score (nSPS) is 18.8. The Balaban J connectivity index is 1.47. The molecule has 1 aliphatic heterocycles. The summed E-state index contributed by atoms with van der Waals surface area (Å²) in [7, 11) is 0. The average Bonchev–Trinajstić information content (AvgIpc) is 3.04. The minimum atomic E-state index is -0.103. The SMILES string of the molecule is CC1(C)CC(NC(=O)NCc2ccc(Cn3cccn3)cc2)CC(C)(C)N1. The van der Waals surface area contributed by atoms with Crippen molar-refractivity contribution in [2.75, 3.05) is 0 Å². The van der Waals surface area contributed by atoms with Crippen LogP contribution in [0.2, 0.25) is 0 Å². The zero-order valence-electron chi connectivity index (χ0n) is 16.7. The van der Waals surface area contributed by atoms with E-state index < -0.39 is 0 Å². The third-order valence-corrected chi connectivity index (χ3v) is 4.91. The molecule has 0 spiro atoms. The van der Waals surface area contributed by atoms with Crippen molar-refractivity contribution in [1.29, 1.82) is 0 Å². The lowest BCUT2D eigenvalue weighted by Crippen LogP contribution is -2.62. The Morgan fingerprint density at radius 3 is 2.37 bits per heavy atom. The summed E-state index contributed by atoms with van der Waals surface area (Å²) in [4.78, 5) is 12.3. The molecular formula is C21H31N5O. The number of hydrogen-bond acceptors (Lipinski definition) is 3. The van der Waals surface area contributed by atoms with Gasteiger partial charge in [0.1, 0.15) is 0 Å². The van der Waals surface area contributed by atoms with Gasteiger partial charge in [0.25, 0.3) is 0 Å². The molecule has 2 amide bonds. The van der Waals surface area contributed by atoms with E-state index in [2.05, 4.69) is 73.0 Å². The first-order valence-electron chi connectivity index (χ1n) is 9.60. The lowest BCUT2D eigenvalue weighted by atomic mass is 9.80. The van der Waals surface area contributed by atoms with Gasteiger partial charge in [-0.25, -0.2) is 4.79 Å². The molecule has 2 heterocycles. The number of piperidine rings is 1. The number of nitrogens with one attached hydrogen (secondary N) is 3. The van der Waals surface area contributed by atoms with Crippen molar-refractivity contribution in [3.8, 4) is 0 Å². The standard InChI is InChI=1S/C21H31N5O/c1-20(2)12-18(13-21(3,4)25-20)24-19(27)22-14-16-6-8-17(9-7-16)15-26-11-5-10-23-26/h5-11,18,25H,12-15H2,1-4H3,(H2,22,24,27). The number of aromatic nitrogens is 2. The van der Waals surface area contributed by atoms with Crippen molar-refractivity contribution < 1.29 is 4.79 Å². The number of amides is 2. The molecule has 0 atom stereocenters. The van der Waals surface area contributed by atoms with Crippen molar-refractivity contribution in [1.82, 2.24) is 25.7 Å². The summed E-state index contributed by atoms with van der Waals surface area (Å²) in [6.45, 7) is 10.0. The number of rotatable bonds is 5. The molecule has 1 aromatic heterocycles. The molecule has 0 saturated carbocycles. The molecule has 3 rings (SSSR count). The Bertz CT molecular complexity index is 733. The Labute approximate surface area is 161 Å². The van der Waals surface area contributed by atoms with E-state index in [0.29, 0.717) is 6.54 Å². The summed E-state index contributed by atoms with van der Waals surface area (Å²) in [5.74, 6) is 0. The third kappa shape index (κ3) is 5.82. The van der Waals surface area contributed by atoms with Crippen molar-refractivity contribution in [3.63, 3.8) is 0 Å². The van der Waals surface area contributed by atoms with E-state index in [-0.39, 0.29) is 23.2 Å². The summed E-state index contributed by atoms with van der Waals surface area (Å²) in [6, 6.07) is 10.2. The third-order valence-electron chi connectivity index (χ3n) is 4.91. The van der Waals surface area contributed by atoms with Crippen LogP contribution in [0.25, 0.3) is 0 Å². The van der Waals surface area contributed by atoms with E-state index in [1.165, 1.54) is 5.56 Å². The molecule has 1 fully saturated rings. The first-order valence-corrected chi connectivity index (χ1v) is 9.60. The molecule has 6 nitrogen and oxygen atoms in total. The highest BCUT2D eigenvalue weighted by atomic mass is 16.2. The Hall–Kier alpha value is -2.34. The lowest BCUT2D eigenvalue weighted by molar-refractivity contribution is 0.147. The second-order valence-corrected chi connectivity index (χ2v) is 8.85. The highest BCUT2D eigenvalue weighted by Gasteiger charge is 2.38. The predicted molar refractivity (Wildman–Crippen MR) is 107 cm³/mol. The van der Waals surface area contributed by atoms with Gasteiger partial charge in [-0.15, -0.1) is 0 Å². The average molecular weight is 370 g/mol. The van der Waals surface area contributed by atoms with E-state index in [0.717, 1.165) is 24.9 Å². The molecule has 2 aromatic rings. The fourth-order valence-electron chi connectivity index (χ4n) is 4.19. The molecule has 146 valence electrons. The predicted octanol–water partition coefficient (Wildman–Crippen LogP) is 3.04. The van der Waals surface area contributed by atoms with E-state index in [9.17, 15) is 4.79 Å². The molecule has 3 N–H and O–H groups in total. The Morgan fingerprint density at radius 1 is 1.15 bits per heavy atom. The minimum Gasteiger partial charge on any atom is -0.335 e. The minimum absolute atomic E-state index is 0.0180. The number of carbonyl (C=O) groups is 1. The summed E-state index contributed by atoms with van der Waals surface area (Å²) in [5.41, 5.74) is 2.31. The van der Waals surface area contributed by atoms with Crippen LogP contribution >= 0.6 is 0 Å². The maximum atomic E-state index is 12.3. The van der Waals surface area contributed by atoms with E-state index in [1.807, 2.05) is 16.9 Å². The van der Waals surface area contributed by atoms with Crippen LogP contribution in [0.5, 0.6) is 0 Å². The van der Waals surface area contributed by atoms with Gasteiger partial charge in [0, 0.05) is 36.1 Å². The summed E-state index contributed by atoms with van der Waals surface area (Å²) in [6.07, 6.45) is 5.57. The first-order chi connectivity index (χ1) is 12.7. The second-order valence-electron chi connectivity index (χ2n) is 8.85. The zero-order valence-corrected chi connectivity index (χ0v) is 16.7. The number of nitrogens with zero attached hydrogens (tertiary/aromatic N) is 2. The van der Waals surface area contributed by atoms with Gasteiger partial charge in [0.05, 0.1) is 6.54 Å². The number of hydrogen-bond donors (Lipinski definition) is 3. The molecule has 0 aliphatic carbocycles. The number of urea groups is 1. The molecule has 0 unspecified atom stereocenters. The van der Waals surface area contributed by atoms with E-state index >= 15 is 0 Å². The molecule has 0 bridgehead atoms. The van der Waals surface area contributed by atoms with Gasteiger partial charge >= 0.3 is 6.03 Å². The smallest absolute Gasteiger partial charge is 0.315 e. The summed E-state index contributed by atoms with van der Waals surface area (Å²) < 4.78 is 1.89. The molecular weight excluding hydrogens is 338 g/mol. The summed E-state index contributed by atoms with van der Waals surface area (Å²) >= 11 is 0. The topological polar surface area (TPSA) is 71.0 Å². The highest BCUT2D eigenvalue weighted by molar-refractivity contribution is 5.74. The Kier molecular flexibility index (Phi) is 5.56. The number of benzene rings is 1. The summed E-state index contributed by atoms with van der Waals surface area (Å²) in [5, 5.41) is 14.0. The van der Waals surface area contributed by atoms with Crippen LogP contribution in [0.1, 0.15) is 51.7 Å².